The molecule has 3 aromatic rings. The van der Waals surface area contributed by atoms with E-state index in [1.807, 2.05) is 26.0 Å². The lowest BCUT2D eigenvalue weighted by Gasteiger charge is -2.39. The molecule has 43 heavy (non-hydrogen) atoms. The fraction of sp³-hybridized carbons (Fsp3) is 0.419. The van der Waals surface area contributed by atoms with E-state index in [2.05, 4.69) is 15.7 Å². The largest absolute Gasteiger partial charge is 0.493 e. The standard InChI is InChI=1S/C31H36FN5O6/c1-19-10-20(2)37(35-19)17-31(40)36-9-8-26-25(16-36)34-30(39)18-42-28-13-21(4-6-27(28)41-3)5-7-29(38)33-15-22-11-23(32)14-24(12-22)43-26/h4,6,10-14,25-26H,5,7-9,15-18H2,1-3H3,(H,33,38)(H,34,39)/t25-,26-/m1/s1. The smallest absolute Gasteiger partial charge is 0.258 e. The minimum absolute atomic E-state index is 0.0735. The quantitative estimate of drug-likeness (QED) is 0.478. The highest BCUT2D eigenvalue weighted by Gasteiger charge is 2.34. The van der Waals surface area contributed by atoms with Crippen LogP contribution in [0.25, 0.3) is 0 Å². The summed E-state index contributed by atoms with van der Waals surface area (Å²) in [4.78, 5) is 40.6. The fourth-order valence-corrected chi connectivity index (χ4v) is 5.39. The Morgan fingerprint density at radius 2 is 1.93 bits per heavy atom. The van der Waals surface area contributed by atoms with Crippen LogP contribution in [0.5, 0.6) is 17.2 Å². The van der Waals surface area contributed by atoms with E-state index in [4.69, 9.17) is 14.2 Å². The Kier molecular flexibility index (Phi) is 9.13. The molecule has 2 atom stereocenters. The van der Waals surface area contributed by atoms with Gasteiger partial charge in [0.2, 0.25) is 11.8 Å². The van der Waals surface area contributed by atoms with Gasteiger partial charge in [0.05, 0.1) is 18.8 Å². The predicted molar refractivity (Wildman–Crippen MR) is 154 cm³/mol. The SMILES string of the molecule is COc1ccc2cc1OCC(=O)N[C@@H]1CN(C(=O)Cn3nc(C)cc3C)CC[C@H]1Oc1cc(F)cc(c1)CNC(=O)CC2. The monoisotopic (exact) mass is 593 g/mol. The fourth-order valence-electron chi connectivity index (χ4n) is 5.39. The summed E-state index contributed by atoms with van der Waals surface area (Å²) in [7, 11) is 1.51. The number of carbonyl (C=O) groups is 3. The summed E-state index contributed by atoms with van der Waals surface area (Å²) < 4.78 is 33.7. The molecule has 0 unspecified atom stereocenters. The van der Waals surface area contributed by atoms with Gasteiger partial charge in [-0.2, -0.15) is 5.10 Å². The van der Waals surface area contributed by atoms with Crippen molar-refractivity contribution in [3.05, 3.63) is 70.8 Å². The lowest BCUT2D eigenvalue weighted by Crippen LogP contribution is -2.59. The summed E-state index contributed by atoms with van der Waals surface area (Å²) in [5.74, 6) is -0.153. The minimum atomic E-state index is -0.604. The highest BCUT2D eigenvalue weighted by Crippen LogP contribution is 2.29. The first kappa shape index (κ1) is 29.9. The molecule has 2 N–H and O–H groups in total. The average Bonchev–Trinajstić information content (AvgIpc) is 3.29. The lowest BCUT2D eigenvalue weighted by molar-refractivity contribution is -0.136. The van der Waals surface area contributed by atoms with E-state index in [0.29, 0.717) is 36.4 Å². The molecule has 2 aromatic carbocycles. The second-order valence-electron chi connectivity index (χ2n) is 10.9. The van der Waals surface area contributed by atoms with Crippen molar-refractivity contribution in [1.29, 1.82) is 0 Å². The van der Waals surface area contributed by atoms with Crippen LogP contribution in [0.2, 0.25) is 0 Å². The van der Waals surface area contributed by atoms with Crippen LogP contribution in [0.3, 0.4) is 0 Å². The Hall–Kier alpha value is -4.61. The van der Waals surface area contributed by atoms with Gasteiger partial charge in [0.15, 0.2) is 18.1 Å². The molecule has 0 saturated carbocycles. The van der Waals surface area contributed by atoms with E-state index in [-0.39, 0.29) is 50.2 Å². The van der Waals surface area contributed by atoms with E-state index < -0.39 is 23.9 Å². The van der Waals surface area contributed by atoms with Gasteiger partial charge in [0.25, 0.3) is 5.91 Å². The van der Waals surface area contributed by atoms with Crippen molar-refractivity contribution < 1.29 is 33.0 Å². The maximum atomic E-state index is 14.6. The molecular weight excluding hydrogens is 557 g/mol. The topological polar surface area (TPSA) is 124 Å². The molecule has 3 heterocycles. The molecule has 11 nitrogen and oxygen atoms in total. The zero-order chi connectivity index (χ0) is 30.5. The Morgan fingerprint density at radius 3 is 2.70 bits per heavy atom. The normalized spacial score (nSPS) is 19.5. The Bertz CT molecular complexity index is 1510. The van der Waals surface area contributed by atoms with E-state index in [1.54, 1.807) is 27.8 Å². The third-order valence-electron chi connectivity index (χ3n) is 7.57. The number of nitrogens with zero attached hydrogens (tertiary/aromatic N) is 3. The summed E-state index contributed by atoms with van der Waals surface area (Å²) in [5, 5.41) is 10.2. The third-order valence-corrected chi connectivity index (χ3v) is 7.57. The first-order valence-corrected chi connectivity index (χ1v) is 14.3. The van der Waals surface area contributed by atoms with Crippen molar-refractivity contribution in [2.45, 2.75) is 58.3 Å². The molecule has 2 aliphatic rings. The molecule has 5 rings (SSSR count). The number of likely N-dealkylation sites (tertiary alicyclic amines) is 1. The van der Waals surface area contributed by atoms with Gasteiger partial charge in [-0.1, -0.05) is 6.07 Å². The molecule has 3 amide bonds. The summed E-state index contributed by atoms with van der Waals surface area (Å²) in [5.41, 5.74) is 3.08. The molecule has 2 aliphatic heterocycles. The van der Waals surface area contributed by atoms with Gasteiger partial charge in [-0.05, 0) is 61.7 Å². The summed E-state index contributed by atoms with van der Waals surface area (Å²) in [6.45, 7) is 4.22. The first-order valence-electron chi connectivity index (χ1n) is 14.3. The van der Waals surface area contributed by atoms with Crippen molar-refractivity contribution in [3.8, 4) is 17.2 Å². The number of fused-ring (bicyclic) bond motifs is 5. The van der Waals surface area contributed by atoms with Gasteiger partial charge in [0.1, 0.15) is 24.2 Å². The third kappa shape index (κ3) is 7.62. The first-order chi connectivity index (χ1) is 20.7. The number of benzene rings is 2. The number of methoxy groups -OCH3 is 1. The van der Waals surface area contributed by atoms with Crippen LogP contribution in [0.4, 0.5) is 4.39 Å². The molecule has 12 heteroatoms. The van der Waals surface area contributed by atoms with E-state index in [0.717, 1.165) is 17.0 Å². The number of halogens is 1. The van der Waals surface area contributed by atoms with Crippen molar-refractivity contribution in [1.82, 2.24) is 25.3 Å². The molecule has 4 bridgehead atoms. The van der Waals surface area contributed by atoms with E-state index in [9.17, 15) is 18.8 Å². The number of aromatic nitrogens is 2. The lowest BCUT2D eigenvalue weighted by atomic mass is 10.0. The van der Waals surface area contributed by atoms with Crippen LogP contribution in [0, 0.1) is 19.7 Å². The van der Waals surface area contributed by atoms with E-state index in [1.165, 1.54) is 19.2 Å². The van der Waals surface area contributed by atoms with Crippen LogP contribution in [-0.4, -0.2) is 71.4 Å². The second-order valence-corrected chi connectivity index (χ2v) is 10.9. The minimum Gasteiger partial charge on any atom is -0.493 e. The number of hydrogen-bond donors (Lipinski definition) is 2. The zero-order valence-corrected chi connectivity index (χ0v) is 24.5. The average molecular weight is 594 g/mol. The van der Waals surface area contributed by atoms with Gasteiger partial charge in [-0.25, -0.2) is 4.39 Å². The molecule has 1 fully saturated rings. The molecule has 1 aromatic heterocycles. The molecule has 0 spiro atoms. The van der Waals surface area contributed by atoms with Gasteiger partial charge in [-0.15, -0.1) is 0 Å². The number of hydrogen-bond acceptors (Lipinski definition) is 7. The van der Waals surface area contributed by atoms with Crippen LogP contribution in [-0.2, 0) is 33.9 Å². The van der Waals surface area contributed by atoms with Gasteiger partial charge < -0.3 is 29.7 Å². The van der Waals surface area contributed by atoms with Crippen LogP contribution >= 0.6 is 0 Å². The van der Waals surface area contributed by atoms with Gasteiger partial charge in [-0.3, -0.25) is 19.1 Å². The molecule has 0 radical (unpaired) electrons. The Morgan fingerprint density at radius 1 is 1.09 bits per heavy atom. The molecular formula is C31H36FN5O6. The van der Waals surface area contributed by atoms with Gasteiger partial charge >= 0.3 is 0 Å². The van der Waals surface area contributed by atoms with Crippen molar-refractivity contribution >= 4 is 17.7 Å². The van der Waals surface area contributed by atoms with Crippen molar-refractivity contribution in [2.24, 2.45) is 0 Å². The highest BCUT2D eigenvalue weighted by molar-refractivity contribution is 5.79. The number of rotatable bonds is 3. The molecule has 0 aliphatic carbocycles. The van der Waals surface area contributed by atoms with Crippen LogP contribution < -0.4 is 24.8 Å². The zero-order valence-electron chi connectivity index (χ0n) is 24.5. The Balaban J connectivity index is 1.39. The number of aryl methyl sites for hydroxylation is 3. The summed E-state index contributed by atoms with van der Waals surface area (Å²) in [6.07, 6.45) is 0.486. The summed E-state index contributed by atoms with van der Waals surface area (Å²) >= 11 is 0. The maximum absolute atomic E-state index is 14.6. The van der Waals surface area contributed by atoms with Crippen molar-refractivity contribution in [3.63, 3.8) is 0 Å². The second kappa shape index (κ2) is 13.1. The van der Waals surface area contributed by atoms with E-state index >= 15 is 0 Å². The van der Waals surface area contributed by atoms with Crippen molar-refractivity contribution in [2.75, 3.05) is 26.8 Å². The van der Waals surface area contributed by atoms with Crippen LogP contribution in [0.1, 0.15) is 35.4 Å². The predicted octanol–water partition coefficient (Wildman–Crippen LogP) is 2.45. The number of ether oxygens (including phenoxy) is 3. The van der Waals surface area contributed by atoms with Gasteiger partial charge in [0, 0.05) is 44.2 Å². The maximum Gasteiger partial charge on any atom is 0.258 e. The number of carbonyl (C=O) groups excluding carboxylic acids is 3. The highest BCUT2D eigenvalue weighted by atomic mass is 19.1. The number of amides is 3. The summed E-state index contributed by atoms with van der Waals surface area (Å²) in [6, 6.07) is 10.9. The molecule has 1 saturated heterocycles. The number of nitrogens with one attached hydrogen (secondary N) is 2. The Labute approximate surface area is 249 Å². The van der Waals surface area contributed by atoms with Crippen LogP contribution in [0.15, 0.2) is 42.5 Å². The number of piperidine rings is 1. The molecule has 228 valence electrons.